The lowest BCUT2D eigenvalue weighted by Crippen LogP contribution is -2.32. The molecule has 0 saturated carbocycles. The molecule has 0 bridgehead atoms. The number of hydrogen-bond donors (Lipinski definition) is 2. The number of hydrogen-bond acceptors (Lipinski definition) is 5. The molecule has 0 spiro atoms. The van der Waals surface area contributed by atoms with Crippen LogP contribution in [0.15, 0.2) is 51.8 Å². The third-order valence-corrected chi connectivity index (χ3v) is 5.55. The average molecular weight is 527 g/mol. The fourth-order valence-corrected chi connectivity index (χ4v) is 3.84. The van der Waals surface area contributed by atoms with Crippen LogP contribution < -0.4 is 15.5 Å². The molecule has 2 saturated heterocycles. The maximum atomic E-state index is 14.8. The third kappa shape index (κ3) is 4.78. The molecule has 2 aliphatic heterocycles. The fourth-order valence-electron chi connectivity index (χ4n) is 3.19. The number of carbonyl (C=O) groups is 1. The van der Waals surface area contributed by atoms with E-state index in [0.29, 0.717) is 29.5 Å². The number of nitrogens with one attached hydrogen (secondary N) is 2. The maximum absolute atomic E-state index is 14.8. The van der Waals surface area contributed by atoms with Crippen LogP contribution in [0.25, 0.3) is 0 Å². The zero-order valence-electron chi connectivity index (χ0n) is 15.5. The van der Waals surface area contributed by atoms with Crippen LogP contribution in [0.5, 0.6) is 0 Å². The Morgan fingerprint density at radius 2 is 2.28 bits per heavy atom. The number of amides is 1. The number of cyclic esters (lactones) is 1. The molecule has 1 aromatic rings. The second-order valence-electron chi connectivity index (χ2n) is 6.90. The molecule has 2 fully saturated rings. The van der Waals surface area contributed by atoms with Crippen molar-refractivity contribution < 1.29 is 18.7 Å². The van der Waals surface area contributed by atoms with Crippen molar-refractivity contribution in [3.05, 3.63) is 57.6 Å². The summed E-state index contributed by atoms with van der Waals surface area (Å²) >= 11 is 7.21. The van der Waals surface area contributed by atoms with Gasteiger partial charge in [-0.3, -0.25) is 4.90 Å². The number of thiocarbonyl (C=S) groups is 1. The van der Waals surface area contributed by atoms with Crippen molar-refractivity contribution in [2.24, 2.45) is 0 Å². The molecule has 0 radical (unpaired) electrons. The Bertz CT molecular complexity index is 949. The number of epoxide rings is 1. The summed E-state index contributed by atoms with van der Waals surface area (Å²) in [7, 11) is 0. The predicted octanol–water partition coefficient (Wildman–Crippen LogP) is 4.04. The molecule has 1 aliphatic carbocycles. The van der Waals surface area contributed by atoms with Crippen molar-refractivity contribution in [1.82, 2.24) is 5.32 Å². The summed E-state index contributed by atoms with van der Waals surface area (Å²) in [5.41, 5.74) is 1.56. The van der Waals surface area contributed by atoms with Crippen molar-refractivity contribution in [2.45, 2.75) is 25.2 Å². The number of benzene rings is 1. The van der Waals surface area contributed by atoms with Crippen LogP contribution in [-0.4, -0.2) is 42.5 Å². The smallest absolute Gasteiger partial charge is 0.414 e. The molecule has 1 aromatic carbocycles. The van der Waals surface area contributed by atoms with Gasteiger partial charge in [0.1, 0.15) is 24.1 Å². The average Bonchev–Trinajstić information content (AvgIpc) is 3.29. The number of carbonyl (C=O) groups excluding carboxylic acids is 1. The molecule has 2 unspecified atom stereocenters. The van der Waals surface area contributed by atoms with Gasteiger partial charge in [0.2, 0.25) is 0 Å². The monoisotopic (exact) mass is 527 g/mol. The van der Waals surface area contributed by atoms with Crippen LogP contribution in [0.1, 0.15) is 6.92 Å². The van der Waals surface area contributed by atoms with E-state index in [2.05, 4.69) is 33.2 Å². The minimum atomic E-state index is -0.498. The van der Waals surface area contributed by atoms with E-state index in [1.165, 1.54) is 11.0 Å². The van der Waals surface area contributed by atoms with E-state index in [9.17, 15) is 9.18 Å². The molecule has 152 valence electrons. The van der Waals surface area contributed by atoms with Gasteiger partial charge in [0, 0.05) is 9.28 Å². The van der Waals surface area contributed by atoms with Crippen molar-refractivity contribution in [2.75, 3.05) is 23.3 Å². The number of allylic oxidation sites excluding steroid dienone is 4. The Balaban J connectivity index is 1.45. The van der Waals surface area contributed by atoms with Gasteiger partial charge in [-0.15, -0.1) is 0 Å². The lowest BCUT2D eigenvalue weighted by molar-refractivity contribution is 0.143. The van der Waals surface area contributed by atoms with E-state index in [1.807, 2.05) is 24.3 Å². The molecule has 3 atom stereocenters. The Morgan fingerprint density at radius 3 is 3.03 bits per heavy atom. The van der Waals surface area contributed by atoms with Crippen molar-refractivity contribution >= 4 is 57.3 Å². The van der Waals surface area contributed by atoms with E-state index in [4.69, 9.17) is 21.7 Å². The van der Waals surface area contributed by atoms with Gasteiger partial charge < -0.3 is 20.1 Å². The summed E-state index contributed by atoms with van der Waals surface area (Å²) in [6.07, 6.45) is 6.86. The van der Waals surface area contributed by atoms with Crippen molar-refractivity contribution in [1.29, 1.82) is 0 Å². The van der Waals surface area contributed by atoms with Crippen LogP contribution in [0.2, 0.25) is 0 Å². The van der Waals surface area contributed by atoms with Gasteiger partial charge in [-0.05, 0) is 65.9 Å². The standard InChI is InChI=1S/C20H19FIN3O3S/c1-11(29)23-9-14-10-25(20(26)27-14)13-5-6-16(15(21)8-13)24-17-4-2-3-12(22)7-18-19(17)28-18/h2-8,14,18-19,24H,9-10H2,1H3,(H,23,29)/b3-2-,12-7+,17-4+/t14-,18?,19?/m0/s1. The summed E-state index contributed by atoms with van der Waals surface area (Å²) in [4.78, 5) is 14.2. The first-order valence-corrected chi connectivity index (χ1v) is 10.6. The largest absolute Gasteiger partial charge is 0.442 e. The Morgan fingerprint density at radius 1 is 1.45 bits per heavy atom. The Labute approximate surface area is 186 Å². The summed E-state index contributed by atoms with van der Waals surface area (Å²) in [6, 6.07) is 4.64. The molecule has 0 aromatic heterocycles. The van der Waals surface area contributed by atoms with E-state index in [1.54, 1.807) is 19.1 Å². The van der Waals surface area contributed by atoms with Gasteiger partial charge >= 0.3 is 6.09 Å². The summed E-state index contributed by atoms with van der Waals surface area (Å²) in [6.45, 7) is 2.52. The van der Waals surface area contributed by atoms with Gasteiger partial charge in [0.25, 0.3) is 0 Å². The SMILES string of the molecule is CC(=S)NC[C@H]1CN(c2ccc(N/C3=C/C=C\C(I)=C/C4OC34)c(F)c2)C(=O)O1. The van der Waals surface area contributed by atoms with E-state index in [0.717, 1.165) is 9.28 Å². The van der Waals surface area contributed by atoms with E-state index >= 15 is 0 Å². The van der Waals surface area contributed by atoms with Gasteiger partial charge in [-0.25, -0.2) is 9.18 Å². The molecule has 3 aliphatic rings. The van der Waals surface area contributed by atoms with Crippen LogP contribution in [-0.2, 0) is 9.47 Å². The molecule has 1 amide bonds. The van der Waals surface area contributed by atoms with E-state index < -0.39 is 11.9 Å². The van der Waals surface area contributed by atoms with Gasteiger partial charge in [0.05, 0.1) is 29.5 Å². The highest BCUT2D eigenvalue weighted by atomic mass is 127. The zero-order valence-corrected chi connectivity index (χ0v) is 18.5. The number of halogens is 2. The van der Waals surface area contributed by atoms with Gasteiger partial charge in [0.15, 0.2) is 0 Å². The molecule has 4 rings (SSSR count). The first-order chi connectivity index (χ1) is 13.9. The number of ether oxygens (including phenoxy) is 2. The quantitative estimate of drug-likeness (QED) is 0.343. The highest BCUT2D eigenvalue weighted by molar-refractivity contribution is 14.1. The first kappa shape index (κ1) is 20.3. The zero-order chi connectivity index (χ0) is 20.5. The number of fused-ring (bicyclic) bond motifs is 1. The molecule has 29 heavy (non-hydrogen) atoms. The Kier molecular flexibility index (Phi) is 5.88. The molecule has 9 heteroatoms. The molecule has 2 N–H and O–H groups in total. The highest BCUT2D eigenvalue weighted by Crippen LogP contribution is 2.35. The highest BCUT2D eigenvalue weighted by Gasteiger charge is 2.41. The normalized spacial score (nSPS) is 30.0. The van der Waals surface area contributed by atoms with Crippen LogP contribution in [0.3, 0.4) is 0 Å². The van der Waals surface area contributed by atoms with Crippen LogP contribution in [0.4, 0.5) is 20.6 Å². The topological polar surface area (TPSA) is 66.1 Å². The minimum absolute atomic E-state index is 0.00819. The summed E-state index contributed by atoms with van der Waals surface area (Å²) < 4.78 is 26.8. The number of anilines is 2. The Hall–Kier alpha value is -1.98. The second kappa shape index (κ2) is 8.41. The van der Waals surface area contributed by atoms with Gasteiger partial charge in [-0.2, -0.15) is 0 Å². The molecule has 6 nitrogen and oxygen atoms in total. The second-order valence-corrected chi connectivity index (χ2v) is 8.75. The van der Waals surface area contributed by atoms with Crippen molar-refractivity contribution in [3.63, 3.8) is 0 Å². The lowest BCUT2D eigenvalue weighted by atomic mass is 10.1. The third-order valence-electron chi connectivity index (χ3n) is 4.68. The van der Waals surface area contributed by atoms with Gasteiger partial charge in [-0.1, -0.05) is 18.3 Å². The number of rotatable bonds is 5. The van der Waals surface area contributed by atoms with Crippen LogP contribution >= 0.6 is 34.8 Å². The summed E-state index contributed by atoms with van der Waals surface area (Å²) in [5, 5.41) is 6.09. The van der Waals surface area contributed by atoms with Crippen LogP contribution in [0, 0.1) is 5.82 Å². The van der Waals surface area contributed by atoms with Crippen molar-refractivity contribution in [3.8, 4) is 0 Å². The fraction of sp³-hybridized carbons (Fsp3) is 0.300. The minimum Gasteiger partial charge on any atom is -0.442 e. The molecular formula is C20H19FIN3O3S. The van der Waals surface area contributed by atoms with E-state index in [-0.39, 0.29) is 18.3 Å². The molecule has 2 heterocycles. The maximum Gasteiger partial charge on any atom is 0.414 e. The predicted molar refractivity (Wildman–Crippen MR) is 122 cm³/mol. The lowest BCUT2D eigenvalue weighted by Gasteiger charge is -2.16. The number of nitrogens with zero attached hydrogens (tertiary/aromatic N) is 1. The molecular weight excluding hydrogens is 508 g/mol. The first-order valence-electron chi connectivity index (χ1n) is 9.11. The summed E-state index contributed by atoms with van der Waals surface area (Å²) in [5.74, 6) is -0.458.